The van der Waals surface area contributed by atoms with E-state index in [-0.39, 0.29) is 10.9 Å². The van der Waals surface area contributed by atoms with Crippen LogP contribution >= 0.6 is 0 Å². The molecule has 2 aromatic heterocycles. The van der Waals surface area contributed by atoms with Crippen molar-refractivity contribution in [2.45, 2.75) is 31.3 Å². The van der Waals surface area contributed by atoms with Crippen molar-refractivity contribution in [3.63, 3.8) is 0 Å². The molecular weight excluding hydrogens is 380 g/mol. The topological polar surface area (TPSA) is 154 Å². The molecule has 0 atom stereocenters. The first-order chi connectivity index (χ1) is 13.3. The molecule has 2 heterocycles. The Morgan fingerprint density at radius 3 is 2.46 bits per heavy atom. The number of hydrogen-bond acceptors (Lipinski definition) is 8. The summed E-state index contributed by atoms with van der Waals surface area (Å²) in [7, 11) is -3.71. The largest absolute Gasteiger partial charge is 0.364 e. The van der Waals surface area contributed by atoms with E-state index in [2.05, 4.69) is 39.4 Å². The Morgan fingerprint density at radius 1 is 1.14 bits per heavy atom. The first-order valence-electron chi connectivity index (χ1n) is 8.83. The van der Waals surface area contributed by atoms with Crippen LogP contribution in [0.4, 0.5) is 11.8 Å². The number of nitrogens with one attached hydrogen (secondary N) is 2. The highest BCUT2D eigenvalue weighted by Gasteiger charge is 2.15. The summed E-state index contributed by atoms with van der Waals surface area (Å²) in [5.41, 5.74) is 7.81. The van der Waals surface area contributed by atoms with Crippen LogP contribution in [-0.4, -0.2) is 41.0 Å². The van der Waals surface area contributed by atoms with Crippen molar-refractivity contribution in [2.24, 2.45) is 10.9 Å². The van der Waals surface area contributed by atoms with Crippen molar-refractivity contribution in [3.05, 3.63) is 36.2 Å². The molecule has 0 radical (unpaired) electrons. The number of aromatic nitrogens is 4. The molecule has 0 amide bonds. The minimum atomic E-state index is -3.71. The zero-order valence-corrected chi connectivity index (χ0v) is 16.6. The van der Waals surface area contributed by atoms with Gasteiger partial charge >= 0.3 is 0 Å². The van der Waals surface area contributed by atoms with E-state index >= 15 is 0 Å². The molecule has 28 heavy (non-hydrogen) atoms. The van der Waals surface area contributed by atoms with E-state index in [1.165, 1.54) is 12.1 Å². The molecule has 0 saturated heterocycles. The quantitative estimate of drug-likeness (QED) is 0.434. The second-order valence-corrected chi connectivity index (χ2v) is 8.13. The van der Waals surface area contributed by atoms with Crippen LogP contribution in [0.25, 0.3) is 11.2 Å². The van der Waals surface area contributed by atoms with Gasteiger partial charge < -0.3 is 20.9 Å². The summed E-state index contributed by atoms with van der Waals surface area (Å²) < 4.78 is 24.7. The Hall–Kier alpha value is -2.76. The highest BCUT2D eigenvalue weighted by molar-refractivity contribution is 7.89. The predicted octanol–water partition coefficient (Wildman–Crippen LogP) is 1.04. The number of nitrogens with two attached hydrogens (primary N) is 2. The fraction of sp³-hybridized carbons (Fsp3) is 0.353. The summed E-state index contributed by atoms with van der Waals surface area (Å²) in [6.07, 6.45) is 1.74. The van der Waals surface area contributed by atoms with Gasteiger partial charge in [0.15, 0.2) is 17.0 Å². The lowest BCUT2D eigenvalue weighted by atomic mass is 10.2. The molecule has 0 saturated carbocycles. The normalized spacial score (nSPS) is 11.9. The molecule has 6 N–H and O–H groups in total. The van der Waals surface area contributed by atoms with Gasteiger partial charge in [0.25, 0.3) is 0 Å². The van der Waals surface area contributed by atoms with Crippen molar-refractivity contribution in [2.75, 3.05) is 23.7 Å². The summed E-state index contributed by atoms with van der Waals surface area (Å²) in [6, 6.07) is 6.55. The van der Waals surface area contributed by atoms with Crippen molar-refractivity contribution in [1.29, 1.82) is 0 Å². The van der Waals surface area contributed by atoms with Gasteiger partial charge in [-0.15, -0.1) is 0 Å². The van der Waals surface area contributed by atoms with E-state index < -0.39 is 10.0 Å². The highest BCUT2D eigenvalue weighted by Crippen LogP contribution is 2.24. The zero-order chi connectivity index (χ0) is 20.3. The number of nitrogens with zero attached hydrogens (tertiary/aromatic N) is 4. The van der Waals surface area contributed by atoms with E-state index in [4.69, 9.17) is 10.9 Å². The molecule has 1 aromatic carbocycles. The van der Waals surface area contributed by atoms with Gasteiger partial charge in [0.2, 0.25) is 16.0 Å². The molecular formula is C17H24N8O2S. The fourth-order valence-electron chi connectivity index (χ4n) is 2.66. The second-order valence-electron chi connectivity index (χ2n) is 6.57. The van der Waals surface area contributed by atoms with Gasteiger partial charge in [-0.05, 0) is 31.5 Å². The molecule has 3 aromatic rings. The average molecular weight is 405 g/mol. The van der Waals surface area contributed by atoms with Crippen LogP contribution in [-0.2, 0) is 16.6 Å². The molecule has 0 fully saturated rings. The lowest BCUT2D eigenvalue weighted by Gasteiger charge is -2.12. The molecule has 0 aliphatic heterocycles. The zero-order valence-electron chi connectivity index (χ0n) is 15.8. The smallest absolute Gasteiger partial charge is 0.238 e. The maximum absolute atomic E-state index is 11.4. The average Bonchev–Trinajstić information content (AvgIpc) is 3.08. The van der Waals surface area contributed by atoms with Crippen LogP contribution in [0.3, 0.4) is 0 Å². The third kappa shape index (κ3) is 4.38. The van der Waals surface area contributed by atoms with E-state index in [1.54, 1.807) is 18.5 Å². The molecule has 10 nitrogen and oxygen atoms in total. The summed E-state index contributed by atoms with van der Waals surface area (Å²) >= 11 is 0. The van der Waals surface area contributed by atoms with E-state index in [9.17, 15) is 8.42 Å². The Bertz CT molecular complexity index is 1060. The molecule has 0 bridgehead atoms. The Morgan fingerprint density at radius 2 is 1.86 bits per heavy atom. The van der Waals surface area contributed by atoms with Crippen LogP contribution in [0.5, 0.6) is 0 Å². The van der Waals surface area contributed by atoms with Crippen molar-refractivity contribution >= 4 is 33.0 Å². The fourth-order valence-corrected chi connectivity index (χ4v) is 3.18. The first-order valence-corrected chi connectivity index (χ1v) is 10.4. The maximum atomic E-state index is 11.4. The lowest BCUT2D eigenvalue weighted by Crippen LogP contribution is -2.16. The van der Waals surface area contributed by atoms with Gasteiger partial charge in [-0.2, -0.15) is 9.97 Å². The monoisotopic (exact) mass is 404 g/mol. The minimum absolute atomic E-state index is 0.0737. The number of hydrogen-bond donors (Lipinski definition) is 4. The number of imidazole rings is 1. The summed E-state index contributed by atoms with van der Waals surface area (Å²) in [4.78, 5) is 13.6. The standard InChI is InChI=1S/C17H24N8O2S/c1-11(2)25-10-22-14-15(23-17(20-8-7-18)24-16(14)25)21-9-12-3-5-13(6-4-12)28(19,26)27/h3-6,10-11H,7-9,18H2,1-2H3,(H2,19,26,27)(H2,20,21,23,24). The Balaban J connectivity index is 1.88. The lowest BCUT2D eigenvalue weighted by molar-refractivity contribution is 0.597. The third-order valence-corrected chi connectivity index (χ3v) is 5.05. The Labute approximate surface area is 163 Å². The molecule has 0 aliphatic rings. The molecule has 0 unspecified atom stereocenters. The second kappa shape index (κ2) is 8.09. The van der Waals surface area contributed by atoms with Gasteiger partial charge in [0, 0.05) is 25.7 Å². The van der Waals surface area contributed by atoms with Gasteiger partial charge in [-0.1, -0.05) is 12.1 Å². The summed E-state index contributed by atoms with van der Waals surface area (Å²) in [5.74, 6) is 1.05. The van der Waals surface area contributed by atoms with E-state index in [0.717, 1.165) is 11.2 Å². The van der Waals surface area contributed by atoms with Gasteiger partial charge in [0.1, 0.15) is 0 Å². The van der Waals surface area contributed by atoms with Crippen molar-refractivity contribution in [1.82, 2.24) is 19.5 Å². The van der Waals surface area contributed by atoms with Gasteiger partial charge in [-0.3, -0.25) is 0 Å². The van der Waals surface area contributed by atoms with Crippen LogP contribution in [0.15, 0.2) is 35.5 Å². The van der Waals surface area contributed by atoms with Crippen LogP contribution in [0.2, 0.25) is 0 Å². The number of rotatable bonds is 8. The Kier molecular flexibility index (Phi) is 5.77. The number of benzene rings is 1. The molecule has 0 spiro atoms. The van der Waals surface area contributed by atoms with E-state index in [1.807, 2.05) is 4.57 Å². The molecule has 0 aliphatic carbocycles. The SMILES string of the molecule is CC(C)n1cnc2c(NCc3ccc(S(N)(=O)=O)cc3)nc(NCCN)nc21. The van der Waals surface area contributed by atoms with Crippen molar-refractivity contribution in [3.8, 4) is 0 Å². The number of fused-ring (bicyclic) bond motifs is 1. The number of anilines is 2. The molecule has 11 heteroatoms. The van der Waals surface area contributed by atoms with Gasteiger partial charge in [0.05, 0.1) is 11.2 Å². The maximum Gasteiger partial charge on any atom is 0.238 e. The predicted molar refractivity (Wildman–Crippen MR) is 108 cm³/mol. The first kappa shape index (κ1) is 20.0. The number of sulfonamides is 1. The van der Waals surface area contributed by atoms with Crippen molar-refractivity contribution < 1.29 is 8.42 Å². The third-order valence-electron chi connectivity index (χ3n) is 4.12. The van der Waals surface area contributed by atoms with Crippen LogP contribution in [0.1, 0.15) is 25.5 Å². The highest BCUT2D eigenvalue weighted by atomic mass is 32.2. The van der Waals surface area contributed by atoms with E-state index in [0.29, 0.717) is 36.9 Å². The van der Waals surface area contributed by atoms with Crippen LogP contribution < -0.4 is 21.5 Å². The van der Waals surface area contributed by atoms with Gasteiger partial charge in [-0.25, -0.2) is 18.5 Å². The van der Waals surface area contributed by atoms with Crippen LogP contribution in [0, 0.1) is 0 Å². The number of primary sulfonamides is 1. The summed E-state index contributed by atoms with van der Waals surface area (Å²) in [6.45, 7) is 5.55. The molecule has 3 rings (SSSR count). The molecule has 150 valence electrons. The summed E-state index contributed by atoms with van der Waals surface area (Å²) in [5, 5.41) is 11.5. The minimum Gasteiger partial charge on any atom is -0.364 e.